The summed E-state index contributed by atoms with van der Waals surface area (Å²) in [6.45, 7) is 1.71. The molecule has 3 aromatic rings. The van der Waals surface area contributed by atoms with Gasteiger partial charge in [-0.3, -0.25) is 13.8 Å². The van der Waals surface area contributed by atoms with Crippen LogP contribution in [0.3, 0.4) is 0 Å². The largest absolute Gasteiger partial charge is 0.322 e. The second-order valence-electron chi connectivity index (χ2n) is 7.80. The molecule has 0 fully saturated rings. The summed E-state index contributed by atoms with van der Waals surface area (Å²) < 4.78 is 54.6. The predicted octanol–water partition coefficient (Wildman–Crippen LogP) is 3.94. The first-order valence-electron chi connectivity index (χ1n) is 10.3. The number of nitrogens with zero attached hydrogens (tertiary/aromatic N) is 2. The first kappa shape index (κ1) is 26.5. The van der Waals surface area contributed by atoms with Gasteiger partial charge in [0.2, 0.25) is 0 Å². The summed E-state index contributed by atoms with van der Waals surface area (Å²) in [5.41, 5.74) is 2.08. The highest BCUT2D eigenvalue weighted by atomic mass is 35.5. The number of anilines is 3. The SMILES string of the molecule is Cc1c(Cl)cccc1NS(=O)(=O)c1ccc(NC(=O)c2ccc(N(C)S(=O)(=O)N(C)C)cc2)cc1. The molecule has 0 unspecified atom stereocenters. The van der Waals surface area contributed by atoms with Crippen LogP contribution in [-0.2, 0) is 20.2 Å². The molecule has 0 aliphatic heterocycles. The molecule has 3 rings (SSSR count). The van der Waals surface area contributed by atoms with Crippen LogP contribution in [0.15, 0.2) is 71.6 Å². The van der Waals surface area contributed by atoms with E-state index in [9.17, 15) is 21.6 Å². The molecule has 35 heavy (non-hydrogen) atoms. The van der Waals surface area contributed by atoms with Crippen LogP contribution >= 0.6 is 11.6 Å². The highest BCUT2D eigenvalue weighted by Crippen LogP contribution is 2.26. The van der Waals surface area contributed by atoms with Crippen molar-refractivity contribution in [1.82, 2.24) is 4.31 Å². The number of rotatable bonds is 8. The number of nitrogens with one attached hydrogen (secondary N) is 2. The van der Waals surface area contributed by atoms with Gasteiger partial charge in [0.1, 0.15) is 0 Å². The van der Waals surface area contributed by atoms with Crippen LogP contribution in [0.1, 0.15) is 15.9 Å². The molecule has 0 spiro atoms. The summed E-state index contributed by atoms with van der Waals surface area (Å²) in [4.78, 5) is 12.6. The van der Waals surface area contributed by atoms with E-state index in [4.69, 9.17) is 11.6 Å². The summed E-state index contributed by atoms with van der Waals surface area (Å²) >= 11 is 6.06. The van der Waals surface area contributed by atoms with Crippen LogP contribution < -0.4 is 14.3 Å². The van der Waals surface area contributed by atoms with Crippen molar-refractivity contribution in [2.45, 2.75) is 11.8 Å². The van der Waals surface area contributed by atoms with Gasteiger partial charge in [-0.1, -0.05) is 17.7 Å². The Morgan fingerprint density at radius 1 is 0.857 bits per heavy atom. The number of amides is 1. The Bertz CT molecular complexity index is 1440. The summed E-state index contributed by atoms with van der Waals surface area (Å²) in [5.74, 6) is -0.432. The monoisotopic (exact) mass is 536 g/mol. The Hall–Kier alpha value is -3.12. The molecular formula is C23H25ClN4O5S2. The lowest BCUT2D eigenvalue weighted by Gasteiger charge is -2.23. The third-order valence-electron chi connectivity index (χ3n) is 5.24. The minimum atomic E-state index is -3.86. The molecule has 0 aliphatic rings. The van der Waals surface area contributed by atoms with E-state index in [1.807, 2.05) is 0 Å². The average molecular weight is 537 g/mol. The molecular weight excluding hydrogens is 512 g/mol. The number of carbonyl (C=O) groups excluding carboxylic acids is 1. The third kappa shape index (κ3) is 5.93. The zero-order valence-corrected chi connectivity index (χ0v) is 21.9. The maximum absolute atomic E-state index is 12.7. The van der Waals surface area contributed by atoms with Gasteiger partial charge >= 0.3 is 10.2 Å². The summed E-state index contributed by atoms with van der Waals surface area (Å²) in [5, 5.41) is 3.14. The van der Waals surface area contributed by atoms with Crippen LogP contribution in [0.5, 0.6) is 0 Å². The van der Waals surface area contributed by atoms with E-state index in [1.54, 1.807) is 25.1 Å². The van der Waals surface area contributed by atoms with Crippen molar-refractivity contribution < 1.29 is 21.6 Å². The minimum absolute atomic E-state index is 0.0179. The highest BCUT2D eigenvalue weighted by Gasteiger charge is 2.21. The van der Waals surface area contributed by atoms with Crippen molar-refractivity contribution in [3.05, 3.63) is 82.9 Å². The van der Waals surface area contributed by atoms with Crippen LogP contribution in [0.25, 0.3) is 0 Å². The van der Waals surface area contributed by atoms with E-state index in [-0.39, 0.29) is 4.90 Å². The number of sulfonamides is 1. The van der Waals surface area contributed by atoms with Crippen molar-refractivity contribution in [2.75, 3.05) is 35.5 Å². The molecule has 0 aromatic heterocycles. The van der Waals surface area contributed by atoms with Gasteiger partial charge in [0.05, 0.1) is 16.3 Å². The number of halogens is 1. The van der Waals surface area contributed by atoms with Crippen LogP contribution in [0.4, 0.5) is 17.1 Å². The van der Waals surface area contributed by atoms with Gasteiger partial charge < -0.3 is 5.32 Å². The van der Waals surface area contributed by atoms with Gasteiger partial charge in [-0.2, -0.15) is 12.7 Å². The summed E-state index contributed by atoms with van der Waals surface area (Å²) in [6, 6.07) is 16.7. The summed E-state index contributed by atoms with van der Waals surface area (Å²) in [7, 11) is -3.23. The lowest BCUT2D eigenvalue weighted by atomic mass is 10.2. The maximum Gasteiger partial charge on any atom is 0.303 e. The van der Waals surface area contributed by atoms with Gasteiger partial charge in [0.25, 0.3) is 15.9 Å². The third-order valence-corrected chi connectivity index (χ3v) is 8.85. The van der Waals surface area contributed by atoms with Gasteiger partial charge in [0, 0.05) is 37.4 Å². The van der Waals surface area contributed by atoms with Crippen LogP contribution in [0.2, 0.25) is 5.02 Å². The first-order chi connectivity index (χ1) is 16.3. The molecule has 0 heterocycles. The second-order valence-corrected chi connectivity index (χ2v) is 12.1. The normalized spacial score (nSPS) is 11.8. The molecule has 12 heteroatoms. The second kappa shape index (κ2) is 10.2. The molecule has 1 amide bonds. The van der Waals surface area contributed by atoms with E-state index in [0.717, 1.165) is 8.61 Å². The molecule has 0 saturated carbocycles. The molecule has 0 bridgehead atoms. The fourth-order valence-corrected chi connectivity index (χ4v) is 5.22. The number of hydrogen-bond acceptors (Lipinski definition) is 5. The fourth-order valence-electron chi connectivity index (χ4n) is 3.04. The highest BCUT2D eigenvalue weighted by molar-refractivity contribution is 7.92. The zero-order chi connectivity index (χ0) is 26.0. The van der Waals surface area contributed by atoms with Crippen molar-refractivity contribution in [3.8, 4) is 0 Å². The van der Waals surface area contributed by atoms with E-state index < -0.39 is 26.1 Å². The Kier molecular flexibility index (Phi) is 7.75. The van der Waals surface area contributed by atoms with E-state index in [2.05, 4.69) is 10.0 Å². The Morgan fingerprint density at radius 2 is 1.46 bits per heavy atom. The number of benzene rings is 3. The lowest BCUT2D eigenvalue weighted by molar-refractivity contribution is 0.102. The Labute approximate surface area is 210 Å². The fraction of sp³-hybridized carbons (Fsp3) is 0.174. The summed E-state index contributed by atoms with van der Waals surface area (Å²) in [6.07, 6.45) is 0. The van der Waals surface area contributed by atoms with Gasteiger partial charge in [-0.05, 0) is 73.2 Å². The molecule has 186 valence electrons. The van der Waals surface area contributed by atoms with E-state index in [0.29, 0.717) is 33.2 Å². The topological polar surface area (TPSA) is 116 Å². The van der Waals surface area contributed by atoms with Gasteiger partial charge in [-0.15, -0.1) is 0 Å². The van der Waals surface area contributed by atoms with Crippen molar-refractivity contribution in [3.63, 3.8) is 0 Å². The predicted molar refractivity (Wildman–Crippen MR) is 139 cm³/mol. The minimum Gasteiger partial charge on any atom is -0.322 e. The number of carbonyl (C=O) groups is 1. The molecule has 0 aliphatic carbocycles. The Balaban J connectivity index is 1.70. The molecule has 0 saturated heterocycles. The van der Waals surface area contributed by atoms with Gasteiger partial charge in [0.15, 0.2) is 0 Å². The lowest BCUT2D eigenvalue weighted by Crippen LogP contribution is -2.37. The van der Waals surface area contributed by atoms with Crippen molar-refractivity contribution in [1.29, 1.82) is 0 Å². The molecule has 0 atom stereocenters. The molecule has 9 nitrogen and oxygen atoms in total. The molecule has 2 N–H and O–H groups in total. The number of hydrogen-bond donors (Lipinski definition) is 2. The van der Waals surface area contributed by atoms with E-state index >= 15 is 0 Å². The van der Waals surface area contributed by atoms with Crippen molar-refractivity contribution >= 4 is 54.8 Å². The van der Waals surface area contributed by atoms with Crippen LogP contribution in [0, 0.1) is 6.92 Å². The van der Waals surface area contributed by atoms with Crippen molar-refractivity contribution in [2.24, 2.45) is 0 Å². The average Bonchev–Trinajstić information content (AvgIpc) is 2.81. The first-order valence-corrected chi connectivity index (χ1v) is 13.5. The van der Waals surface area contributed by atoms with E-state index in [1.165, 1.54) is 69.7 Å². The standard InChI is InChI=1S/C23H25ClN4O5S2/c1-16-21(24)6-5-7-22(16)26-34(30,31)20-14-10-18(11-15-20)25-23(29)17-8-12-19(13-9-17)28(4)35(32,33)27(2)3/h5-15,26H,1-4H3,(H,25,29). The molecule has 3 aromatic carbocycles. The zero-order valence-electron chi connectivity index (χ0n) is 19.5. The smallest absolute Gasteiger partial charge is 0.303 e. The van der Waals surface area contributed by atoms with Crippen LogP contribution in [-0.4, -0.2) is 48.2 Å². The Morgan fingerprint density at radius 3 is 2.03 bits per heavy atom. The maximum atomic E-state index is 12.7. The quantitative estimate of drug-likeness (QED) is 0.452. The van der Waals surface area contributed by atoms with Gasteiger partial charge in [-0.25, -0.2) is 8.42 Å². The molecule has 0 radical (unpaired) electrons.